The van der Waals surface area contributed by atoms with Crippen molar-refractivity contribution in [2.45, 2.75) is 20.1 Å². The molecule has 3 rings (SSSR count). The molecule has 3 aromatic rings. The lowest BCUT2D eigenvalue weighted by Crippen LogP contribution is -2.26. The quantitative estimate of drug-likeness (QED) is 0.574. The molecule has 0 radical (unpaired) electrons. The van der Waals surface area contributed by atoms with Gasteiger partial charge in [0.15, 0.2) is 0 Å². The molecule has 4 nitrogen and oxygen atoms in total. The fraction of sp³-hybridized carbons (Fsp3) is 0.200. The van der Waals surface area contributed by atoms with Gasteiger partial charge in [-0.05, 0) is 37.3 Å². The Labute approximate surface area is 166 Å². The number of benzene rings is 2. The number of thiazole rings is 1. The van der Waals surface area contributed by atoms with Crippen molar-refractivity contribution >= 4 is 28.8 Å². The van der Waals surface area contributed by atoms with E-state index >= 15 is 0 Å². The van der Waals surface area contributed by atoms with E-state index in [4.69, 9.17) is 16.3 Å². The predicted molar refractivity (Wildman–Crippen MR) is 105 cm³/mol. The van der Waals surface area contributed by atoms with E-state index in [1.54, 1.807) is 56.4 Å². The highest BCUT2D eigenvalue weighted by Crippen LogP contribution is 2.23. The molecule has 0 bridgehead atoms. The molecule has 1 aromatic heterocycles. The van der Waals surface area contributed by atoms with Gasteiger partial charge in [-0.1, -0.05) is 29.8 Å². The van der Waals surface area contributed by atoms with Gasteiger partial charge in [-0.15, -0.1) is 11.3 Å². The average Bonchev–Trinajstić information content (AvgIpc) is 3.03. The number of rotatable bonds is 6. The third kappa shape index (κ3) is 4.84. The van der Waals surface area contributed by atoms with Gasteiger partial charge in [0.2, 0.25) is 0 Å². The predicted octanol–water partition coefficient (Wildman–Crippen LogP) is 5.10. The minimum Gasteiger partial charge on any atom is -0.486 e. The second kappa shape index (κ2) is 8.50. The van der Waals surface area contributed by atoms with Crippen LogP contribution in [0.5, 0.6) is 5.75 Å². The number of nitrogens with zero attached hydrogens (tertiary/aromatic N) is 2. The highest BCUT2D eigenvalue weighted by Gasteiger charge is 2.20. The van der Waals surface area contributed by atoms with Crippen molar-refractivity contribution in [3.05, 3.63) is 80.5 Å². The first-order valence-electron chi connectivity index (χ1n) is 8.27. The Morgan fingerprint density at radius 2 is 1.93 bits per heavy atom. The number of aromatic nitrogens is 1. The minimum atomic E-state index is -0.324. The molecule has 0 saturated carbocycles. The second-order valence-corrected chi connectivity index (χ2v) is 7.54. The molecule has 7 heteroatoms. The number of hydrogen-bond acceptors (Lipinski definition) is 4. The molecule has 0 fully saturated rings. The third-order valence-electron chi connectivity index (χ3n) is 3.92. The average molecular weight is 405 g/mol. The van der Waals surface area contributed by atoms with Gasteiger partial charge in [0.05, 0.1) is 5.69 Å². The third-order valence-corrected chi connectivity index (χ3v) is 5.29. The standard InChI is InChI=1S/C20H18ClFN2O2S/c1-13-19(20(25)24(2)11-14-5-3-4-6-17(14)22)27-18(23-13)12-26-16-9-7-15(21)8-10-16/h3-10H,11-12H2,1-2H3. The Morgan fingerprint density at radius 1 is 1.22 bits per heavy atom. The maximum Gasteiger partial charge on any atom is 0.265 e. The molecular formula is C20H18ClFN2O2S. The van der Waals surface area contributed by atoms with Crippen LogP contribution < -0.4 is 4.74 Å². The first kappa shape index (κ1) is 19.3. The first-order chi connectivity index (χ1) is 12.9. The van der Waals surface area contributed by atoms with E-state index in [2.05, 4.69) is 4.98 Å². The maximum atomic E-state index is 13.8. The molecule has 0 aliphatic heterocycles. The molecule has 140 valence electrons. The summed E-state index contributed by atoms with van der Waals surface area (Å²) in [5.74, 6) is 0.165. The number of aryl methyl sites for hydroxylation is 1. The van der Waals surface area contributed by atoms with Crippen LogP contribution in [0.4, 0.5) is 4.39 Å². The Balaban J connectivity index is 1.66. The Bertz CT molecular complexity index is 943. The molecule has 0 N–H and O–H groups in total. The normalized spacial score (nSPS) is 10.7. The molecule has 27 heavy (non-hydrogen) atoms. The van der Waals surface area contributed by atoms with Crippen LogP contribution >= 0.6 is 22.9 Å². The van der Waals surface area contributed by atoms with Crippen LogP contribution in [0.25, 0.3) is 0 Å². The molecule has 0 aliphatic carbocycles. The number of hydrogen-bond donors (Lipinski definition) is 0. The van der Waals surface area contributed by atoms with Crippen LogP contribution in [-0.2, 0) is 13.2 Å². The zero-order valence-corrected chi connectivity index (χ0v) is 16.5. The Kier molecular flexibility index (Phi) is 6.08. The Hall–Kier alpha value is -2.44. The van der Waals surface area contributed by atoms with E-state index < -0.39 is 0 Å². The van der Waals surface area contributed by atoms with Crippen molar-refractivity contribution in [1.82, 2.24) is 9.88 Å². The van der Waals surface area contributed by atoms with E-state index in [0.717, 1.165) is 0 Å². The Morgan fingerprint density at radius 3 is 2.63 bits per heavy atom. The number of halogens is 2. The van der Waals surface area contributed by atoms with E-state index in [0.29, 0.717) is 31.9 Å². The number of ether oxygens (including phenoxy) is 1. The minimum absolute atomic E-state index is 0.189. The van der Waals surface area contributed by atoms with Gasteiger partial charge in [0, 0.05) is 24.2 Å². The molecule has 1 heterocycles. The van der Waals surface area contributed by atoms with E-state index in [9.17, 15) is 9.18 Å². The highest BCUT2D eigenvalue weighted by molar-refractivity contribution is 7.13. The summed E-state index contributed by atoms with van der Waals surface area (Å²) in [5, 5.41) is 1.34. The van der Waals surface area contributed by atoms with Crippen LogP contribution in [0.1, 0.15) is 25.9 Å². The van der Waals surface area contributed by atoms with Crippen molar-refractivity contribution in [2.75, 3.05) is 7.05 Å². The maximum absolute atomic E-state index is 13.8. The van der Waals surface area contributed by atoms with Crippen molar-refractivity contribution in [3.63, 3.8) is 0 Å². The summed E-state index contributed by atoms with van der Waals surface area (Å²) in [7, 11) is 1.65. The van der Waals surface area contributed by atoms with Gasteiger partial charge in [-0.25, -0.2) is 9.37 Å². The van der Waals surface area contributed by atoms with E-state index in [1.807, 2.05) is 0 Å². The molecule has 0 aliphatic rings. The van der Waals surface area contributed by atoms with Gasteiger partial charge < -0.3 is 9.64 Å². The summed E-state index contributed by atoms with van der Waals surface area (Å²) in [6.07, 6.45) is 0. The lowest BCUT2D eigenvalue weighted by molar-refractivity contribution is 0.0787. The molecule has 0 atom stereocenters. The van der Waals surface area contributed by atoms with Crippen molar-refractivity contribution < 1.29 is 13.9 Å². The van der Waals surface area contributed by atoms with Gasteiger partial charge in [0.25, 0.3) is 5.91 Å². The highest BCUT2D eigenvalue weighted by atomic mass is 35.5. The van der Waals surface area contributed by atoms with Crippen molar-refractivity contribution in [3.8, 4) is 5.75 Å². The van der Waals surface area contributed by atoms with Gasteiger partial charge >= 0.3 is 0 Å². The summed E-state index contributed by atoms with van der Waals surface area (Å²) in [6.45, 7) is 2.24. The SMILES string of the molecule is Cc1nc(COc2ccc(Cl)cc2)sc1C(=O)N(C)Cc1ccccc1F. The zero-order chi connectivity index (χ0) is 19.4. The lowest BCUT2D eigenvalue weighted by Gasteiger charge is -2.17. The topological polar surface area (TPSA) is 42.4 Å². The summed E-state index contributed by atoms with van der Waals surface area (Å²) in [5.41, 5.74) is 1.11. The van der Waals surface area contributed by atoms with Crippen LogP contribution in [-0.4, -0.2) is 22.8 Å². The van der Waals surface area contributed by atoms with Crippen LogP contribution in [0, 0.1) is 12.7 Å². The summed E-state index contributed by atoms with van der Waals surface area (Å²) >= 11 is 7.14. The largest absolute Gasteiger partial charge is 0.486 e. The van der Waals surface area contributed by atoms with Crippen molar-refractivity contribution in [1.29, 1.82) is 0 Å². The van der Waals surface area contributed by atoms with Crippen LogP contribution in [0.2, 0.25) is 5.02 Å². The fourth-order valence-corrected chi connectivity index (χ4v) is 3.61. The van der Waals surface area contributed by atoms with E-state index in [1.165, 1.54) is 22.3 Å². The van der Waals surface area contributed by atoms with Crippen LogP contribution in [0.15, 0.2) is 48.5 Å². The van der Waals surface area contributed by atoms with Gasteiger partial charge in [-0.2, -0.15) is 0 Å². The molecule has 0 spiro atoms. The number of carbonyl (C=O) groups excluding carboxylic acids is 1. The smallest absolute Gasteiger partial charge is 0.265 e. The van der Waals surface area contributed by atoms with Gasteiger partial charge in [0.1, 0.15) is 28.1 Å². The van der Waals surface area contributed by atoms with Crippen LogP contribution in [0.3, 0.4) is 0 Å². The summed E-state index contributed by atoms with van der Waals surface area (Å²) in [6, 6.07) is 13.5. The fourth-order valence-electron chi connectivity index (χ4n) is 2.52. The van der Waals surface area contributed by atoms with Gasteiger partial charge in [-0.3, -0.25) is 4.79 Å². The second-order valence-electron chi connectivity index (χ2n) is 6.02. The molecule has 0 saturated heterocycles. The first-order valence-corrected chi connectivity index (χ1v) is 9.47. The molecule has 1 amide bonds. The zero-order valence-electron chi connectivity index (χ0n) is 14.9. The van der Waals surface area contributed by atoms with E-state index in [-0.39, 0.29) is 24.9 Å². The molecular weight excluding hydrogens is 387 g/mol. The van der Waals surface area contributed by atoms with Crippen molar-refractivity contribution in [2.24, 2.45) is 0 Å². The number of carbonyl (C=O) groups is 1. The number of amides is 1. The summed E-state index contributed by atoms with van der Waals surface area (Å²) < 4.78 is 19.5. The monoisotopic (exact) mass is 404 g/mol. The molecule has 0 unspecified atom stereocenters. The summed E-state index contributed by atoms with van der Waals surface area (Å²) in [4.78, 5) is 19.2. The molecule has 2 aromatic carbocycles. The lowest BCUT2D eigenvalue weighted by atomic mass is 10.2.